The van der Waals surface area contributed by atoms with Crippen LogP contribution < -0.4 is 4.74 Å². The van der Waals surface area contributed by atoms with Crippen molar-refractivity contribution in [1.29, 1.82) is 0 Å². The highest BCUT2D eigenvalue weighted by atomic mass is 19.1. The molecule has 0 fully saturated rings. The van der Waals surface area contributed by atoms with Gasteiger partial charge in [0.1, 0.15) is 18.2 Å². The van der Waals surface area contributed by atoms with E-state index in [-0.39, 0.29) is 30.2 Å². The monoisotopic (exact) mass is 295 g/mol. The third-order valence-corrected chi connectivity index (χ3v) is 2.72. The van der Waals surface area contributed by atoms with E-state index in [2.05, 4.69) is 0 Å². The van der Waals surface area contributed by atoms with E-state index in [1.165, 1.54) is 18.2 Å². The number of hydrogen-bond acceptors (Lipinski definition) is 4. The smallest absolute Gasteiger partial charge is 0.311 e. The molecule has 0 spiro atoms. The molecule has 0 amide bonds. The minimum absolute atomic E-state index is 0.0399. The Labute approximate surface area is 118 Å². The normalized spacial score (nSPS) is 10.4. The first kappa shape index (κ1) is 14.9. The van der Waals surface area contributed by atoms with Gasteiger partial charge in [0, 0.05) is 12.1 Å². The fourth-order valence-corrected chi connectivity index (χ4v) is 1.78. The lowest BCUT2D eigenvalue weighted by atomic mass is 10.2. The van der Waals surface area contributed by atoms with E-state index in [1.54, 1.807) is 0 Å². The van der Waals surface area contributed by atoms with Gasteiger partial charge >= 0.3 is 5.69 Å². The van der Waals surface area contributed by atoms with E-state index in [0.29, 0.717) is 5.56 Å². The largest absolute Gasteiger partial charge is 0.482 e. The Morgan fingerprint density at radius 3 is 2.33 bits per heavy atom. The number of benzene rings is 2. The van der Waals surface area contributed by atoms with E-state index in [4.69, 9.17) is 9.84 Å². The van der Waals surface area contributed by atoms with Gasteiger partial charge in [0.2, 0.25) is 0 Å². The van der Waals surface area contributed by atoms with E-state index >= 15 is 0 Å². The van der Waals surface area contributed by atoms with Gasteiger partial charge in [-0.25, -0.2) is 8.78 Å². The summed E-state index contributed by atoms with van der Waals surface area (Å²) in [6.07, 6.45) is 0. The Morgan fingerprint density at radius 2 is 1.76 bits per heavy atom. The summed E-state index contributed by atoms with van der Waals surface area (Å²) in [5.41, 5.74) is 0.261. The van der Waals surface area contributed by atoms with Gasteiger partial charge < -0.3 is 9.84 Å². The number of nitro groups is 1. The van der Waals surface area contributed by atoms with E-state index in [9.17, 15) is 18.9 Å². The topological polar surface area (TPSA) is 72.6 Å². The summed E-state index contributed by atoms with van der Waals surface area (Å²) in [6.45, 7) is -0.551. The molecule has 2 aromatic rings. The Hall–Kier alpha value is -2.54. The standard InChI is InChI=1S/C14H11F2NO4/c15-11-3-10(4-12(16)6-11)8-21-14-2-1-9(7-18)5-13(14)17(19)20/h1-6,18H,7-8H2. The first-order valence-corrected chi connectivity index (χ1v) is 5.95. The van der Waals surface area contributed by atoms with Crippen LogP contribution >= 0.6 is 0 Å². The van der Waals surface area contributed by atoms with Crippen molar-refractivity contribution in [2.45, 2.75) is 13.2 Å². The van der Waals surface area contributed by atoms with Crippen LogP contribution in [0.1, 0.15) is 11.1 Å². The molecule has 0 heterocycles. The van der Waals surface area contributed by atoms with Crippen LogP contribution in [-0.2, 0) is 13.2 Å². The fourth-order valence-electron chi connectivity index (χ4n) is 1.78. The van der Waals surface area contributed by atoms with Gasteiger partial charge in [0.05, 0.1) is 11.5 Å². The summed E-state index contributed by atoms with van der Waals surface area (Å²) < 4.78 is 31.3. The molecular formula is C14H11F2NO4. The maximum atomic E-state index is 13.0. The number of nitrogens with zero attached hydrogens (tertiary/aromatic N) is 1. The molecule has 0 atom stereocenters. The Balaban J connectivity index is 2.21. The summed E-state index contributed by atoms with van der Waals surface area (Å²) in [6, 6.07) is 6.87. The Bertz CT molecular complexity index is 656. The van der Waals surface area contributed by atoms with E-state index < -0.39 is 16.6 Å². The molecule has 0 saturated heterocycles. The van der Waals surface area contributed by atoms with Crippen LogP contribution in [0.5, 0.6) is 5.75 Å². The quantitative estimate of drug-likeness (QED) is 0.680. The minimum atomic E-state index is -0.751. The van der Waals surface area contributed by atoms with Crippen molar-refractivity contribution < 1.29 is 23.5 Å². The number of rotatable bonds is 5. The molecule has 0 radical (unpaired) electrons. The molecule has 0 bridgehead atoms. The molecule has 0 aliphatic rings. The molecule has 0 aliphatic heterocycles. The molecule has 0 unspecified atom stereocenters. The van der Waals surface area contributed by atoms with Gasteiger partial charge in [-0.3, -0.25) is 10.1 Å². The number of ether oxygens (including phenoxy) is 1. The zero-order chi connectivity index (χ0) is 15.4. The van der Waals surface area contributed by atoms with Crippen LogP contribution in [0.3, 0.4) is 0 Å². The lowest BCUT2D eigenvalue weighted by Crippen LogP contribution is -2.01. The van der Waals surface area contributed by atoms with Crippen LogP contribution in [0.25, 0.3) is 0 Å². The van der Waals surface area contributed by atoms with Crippen LogP contribution in [-0.4, -0.2) is 10.0 Å². The van der Waals surface area contributed by atoms with Gasteiger partial charge in [-0.1, -0.05) is 6.07 Å². The molecule has 0 aromatic heterocycles. The average molecular weight is 295 g/mol. The predicted octanol–water partition coefficient (Wildman–Crippen LogP) is 2.94. The maximum absolute atomic E-state index is 13.0. The van der Waals surface area contributed by atoms with Crippen LogP contribution in [0.2, 0.25) is 0 Å². The summed E-state index contributed by atoms with van der Waals surface area (Å²) in [5.74, 6) is -1.54. The zero-order valence-electron chi connectivity index (χ0n) is 10.8. The Kier molecular flexibility index (Phi) is 4.44. The van der Waals surface area contributed by atoms with Crippen LogP contribution in [0, 0.1) is 21.7 Å². The van der Waals surface area contributed by atoms with Crippen molar-refractivity contribution in [1.82, 2.24) is 0 Å². The zero-order valence-corrected chi connectivity index (χ0v) is 10.8. The van der Waals surface area contributed by atoms with Gasteiger partial charge in [0.25, 0.3) is 0 Å². The summed E-state index contributed by atoms with van der Waals surface area (Å²) in [4.78, 5) is 10.3. The van der Waals surface area contributed by atoms with Gasteiger partial charge in [-0.05, 0) is 29.3 Å². The molecule has 2 aromatic carbocycles. The lowest BCUT2D eigenvalue weighted by molar-refractivity contribution is -0.386. The lowest BCUT2D eigenvalue weighted by Gasteiger charge is -2.08. The summed E-state index contributed by atoms with van der Waals surface area (Å²) in [7, 11) is 0. The molecule has 5 nitrogen and oxygen atoms in total. The Morgan fingerprint density at radius 1 is 1.10 bits per heavy atom. The van der Waals surface area contributed by atoms with E-state index in [0.717, 1.165) is 18.2 Å². The first-order chi connectivity index (χ1) is 9.99. The number of hydrogen-bond donors (Lipinski definition) is 1. The second kappa shape index (κ2) is 6.27. The second-order valence-electron chi connectivity index (χ2n) is 4.28. The summed E-state index contributed by atoms with van der Waals surface area (Å²) >= 11 is 0. The van der Waals surface area contributed by atoms with Crippen molar-refractivity contribution in [3.05, 3.63) is 69.3 Å². The van der Waals surface area contributed by atoms with Crippen molar-refractivity contribution in [2.75, 3.05) is 0 Å². The minimum Gasteiger partial charge on any atom is -0.482 e. The van der Waals surface area contributed by atoms with Gasteiger partial charge in [-0.15, -0.1) is 0 Å². The number of aliphatic hydroxyl groups is 1. The number of aliphatic hydroxyl groups excluding tert-OH is 1. The third-order valence-electron chi connectivity index (χ3n) is 2.72. The third kappa shape index (κ3) is 3.73. The molecule has 0 saturated carbocycles. The fraction of sp³-hybridized carbons (Fsp3) is 0.143. The van der Waals surface area contributed by atoms with Gasteiger partial charge in [0.15, 0.2) is 5.75 Å². The molecule has 110 valence electrons. The highest BCUT2D eigenvalue weighted by molar-refractivity contribution is 5.48. The highest BCUT2D eigenvalue weighted by Crippen LogP contribution is 2.28. The number of nitro benzene ring substituents is 1. The maximum Gasteiger partial charge on any atom is 0.311 e. The molecular weight excluding hydrogens is 284 g/mol. The molecule has 0 aliphatic carbocycles. The SMILES string of the molecule is O=[N+]([O-])c1cc(CO)ccc1OCc1cc(F)cc(F)c1. The summed E-state index contributed by atoms with van der Waals surface area (Å²) in [5, 5.41) is 19.9. The molecule has 2 rings (SSSR count). The predicted molar refractivity (Wildman–Crippen MR) is 69.7 cm³/mol. The first-order valence-electron chi connectivity index (χ1n) is 5.95. The van der Waals surface area contributed by atoms with Crippen LogP contribution in [0.15, 0.2) is 36.4 Å². The van der Waals surface area contributed by atoms with Crippen molar-refractivity contribution in [2.24, 2.45) is 0 Å². The van der Waals surface area contributed by atoms with Crippen molar-refractivity contribution in [3.63, 3.8) is 0 Å². The highest BCUT2D eigenvalue weighted by Gasteiger charge is 2.16. The van der Waals surface area contributed by atoms with Crippen LogP contribution in [0.4, 0.5) is 14.5 Å². The van der Waals surface area contributed by atoms with Crippen molar-refractivity contribution in [3.8, 4) is 5.75 Å². The second-order valence-corrected chi connectivity index (χ2v) is 4.28. The molecule has 1 N–H and O–H groups in total. The van der Waals surface area contributed by atoms with E-state index in [1.807, 2.05) is 0 Å². The number of halogens is 2. The molecule has 7 heteroatoms. The average Bonchev–Trinajstić information content (AvgIpc) is 2.43. The van der Waals surface area contributed by atoms with Crippen molar-refractivity contribution >= 4 is 5.69 Å². The molecule has 21 heavy (non-hydrogen) atoms. The van der Waals surface area contributed by atoms with Gasteiger partial charge in [-0.2, -0.15) is 0 Å².